The van der Waals surface area contributed by atoms with E-state index in [1.54, 1.807) is 31.2 Å². The van der Waals surface area contributed by atoms with Crippen LogP contribution in [0.1, 0.15) is 50.4 Å². The van der Waals surface area contributed by atoms with Gasteiger partial charge in [0, 0.05) is 12.6 Å². The normalized spacial score (nSPS) is 19.2. The zero-order valence-corrected chi connectivity index (χ0v) is 15.2. The first kappa shape index (κ1) is 19.4. The van der Waals surface area contributed by atoms with E-state index in [4.69, 9.17) is 9.47 Å². The molecule has 6 heteroatoms. The van der Waals surface area contributed by atoms with Crippen LogP contribution in [0.3, 0.4) is 0 Å². The van der Waals surface area contributed by atoms with Crippen LogP contribution in [0, 0.1) is 0 Å². The molecule has 1 aliphatic rings. The topological polar surface area (TPSA) is 76.7 Å². The maximum atomic E-state index is 12.4. The zero-order valence-electron chi connectivity index (χ0n) is 15.2. The van der Waals surface area contributed by atoms with Gasteiger partial charge in [0.2, 0.25) is 0 Å². The number of nitrogens with one attached hydrogen (secondary N) is 2. The van der Waals surface area contributed by atoms with Crippen molar-refractivity contribution in [2.45, 2.75) is 58.3 Å². The summed E-state index contributed by atoms with van der Waals surface area (Å²) in [5.41, 5.74) is 0.934. The molecule has 1 fully saturated rings. The molecule has 0 unspecified atom stereocenters. The highest BCUT2D eigenvalue weighted by molar-refractivity contribution is 6.04. The number of carbonyl (C=O) groups is 2. The third-order valence-corrected chi connectivity index (χ3v) is 4.34. The number of ether oxygens (including phenoxy) is 2. The Labute approximate surface area is 149 Å². The monoisotopic (exact) mass is 348 g/mol. The van der Waals surface area contributed by atoms with E-state index in [2.05, 4.69) is 10.6 Å². The molecule has 0 saturated carbocycles. The minimum absolute atomic E-state index is 0.0730. The molecule has 1 saturated heterocycles. The lowest BCUT2D eigenvalue weighted by Crippen LogP contribution is -2.34. The van der Waals surface area contributed by atoms with Crippen LogP contribution in [0.5, 0.6) is 0 Å². The van der Waals surface area contributed by atoms with Gasteiger partial charge in [-0.1, -0.05) is 19.1 Å². The largest absolute Gasteiger partial charge is 0.376 e. The molecule has 2 N–H and O–H groups in total. The molecular formula is C19H28N2O4. The standard InChI is InChI=1S/C19H28N2O4/c1-4-13(2)20-19(23)16-9-5-6-10-17(16)21-18(22)14(3)25-12-15-8-7-11-24-15/h5-6,9-10,13-15H,4,7-8,11-12H2,1-3H3,(H,20,23)(H,21,22)/t13-,14+,15+/m0/s1. The molecular weight excluding hydrogens is 320 g/mol. The summed E-state index contributed by atoms with van der Waals surface area (Å²) >= 11 is 0. The van der Waals surface area contributed by atoms with Crippen molar-refractivity contribution in [3.8, 4) is 0 Å². The molecule has 138 valence electrons. The number of rotatable bonds is 8. The molecule has 6 nitrogen and oxygen atoms in total. The number of amides is 2. The summed E-state index contributed by atoms with van der Waals surface area (Å²) in [6.07, 6.45) is 2.30. The van der Waals surface area contributed by atoms with Gasteiger partial charge in [0.25, 0.3) is 11.8 Å². The van der Waals surface area contributed by atoms with Crippen molar-refractivity contribution in [2.75, 3.05) is 18.5 Å². The molecule has 0 spiro atoms. The maximum Gasteiger partial charge on any atom is 0.253 e. The average Bonchev–Trinajstić information content (AvgIpc) is 3.13. The minimum atomic E-state index is -0.616. The quantitative estimate of drug-likeness (QED) is 0.757. The summed E-state index contributed by atoms with van der Waals surface area (Å²) in [6.45, 7) is 6.82. The Bertz CT molecular complexity index is 585. The Kier molecular flexibility index (Phi) is 7.40. The van der Waals surface area contributed by atoms with Crippen molar-refractivity contribution in [1.29, 1.82) is 0 Å². The van der Waals surface area contributed by atoms with Crippen LogP contribution in [0.15, 0.2) is 24.3 Å². The lowest BCUT2D eigenvalue weighted by molar-refractivity contribution is -0.128. The van der Waals surface area contributed by atoms with Crippen LogP contribution in [0.25, 0.3) is 0 Å². The second kappa shape index (κ2) is 9.53. The first-order chi connectivity index (χ1) is 12.0. The highest BCUT2D eigenvalue weighted by Gasteiger charge is 2.21. The first-order valence-electron chi connectivity index (χ1n) is 8.95. The molecule has 0 aromatic heterocycles. The van der Waals surface area contributed by atoms with E-state index in [0.717, 1.165) is 25.9 Å². The fourth-order valence-electron chi connectivity index (χ4n) is 2.53. The second-order valence-corrected chi connectivity index (χ2v) is 6.43. The molecule has 1 aromatic rings. The van der Waals surface area contributed by atoms with Gasteiger partial charge in [-0.05, 0) is 45.2 Å². The Balaban J connectivity index is 1.94. The number of hydrogen-bond acceptors (Lipinski definition) is 4. The third kappa shape index (κ3) is 5.83. The Morgan fingerprint density at radius 1 is 1.32 bits per heavy atom. The van der Waals surface area contributed by atoms with Crippen LogP contribution in [0.2, 0.25) is 0 Å². The highest BCUT2D eigenvalue weighted by Crippen LogP contribution is 2.17. The van der Waals surface area contributed by atoms with Gasteiger partial charge in [-0.2, -0.15) is 0 Å². The zero-order chi connectivity index (χ0) is 18.2. The van der Waals surface area contributed by atoms with Gasteiger partial charge in [0.05, 0.1) is 24.0 Å². The molecule has 1 aliphatic heterocycles. The fourth-order valence-corrected chi connectivity index (χ4v) is 2.53. The molecule has 2 amide bonds. The predicted octanol–water partition coefficient (Wildman–Crippen LogP) is 2.74. The van der Waals surface area contributed by atoms with Gasteiger partial charge in [0.15, 0.2) is 0 Å². The summed E-state index contributed by atoms with van der Waals surface area (Å²) in [6, 6.07) is 7.05. The van der Waals surface area contributed by atoms with Gasteiger partial charge in [-0.25, -0.2) is 0 Å². The highest BCUT2D eigenvalue weighted by atomic mass is 16.5. The Morgan fingerprint density at radius 2 is 2.08 bits per heavy atom. The second-order valence-electron chi connectivity index (χ2n) is 6.43. The maximum absolute atomic E-state index is 12.4. The van der Waals surface area contributed by atoms with Gasteiger partial charge < -0.3 is 20.1 Å². The smallest absolute Gasteiger partial charge is 0.253 e. The van der Waals surface area contributed by atoms with E-state index in [0.29, 0.717) is 17.9 Å². The molecule has 1 aromatic carbocycles. The van der Waals surface area contributed by atoms with Crippen molar-refractivity contribution >= 4 is 17.5 Å². The first-order valence-corrected chi connectivity index (χ1v) is 8.95. The SMILES string of the molecule is CC[C@H](C)NC(=O)c1ccccc1NC(=O)[C@@H](C)OC[C@H]1CCCO1. The summed E-state index contributed by atoms with van der Waals surface area (Å²) in [5.74, 6) is -0.472. The summed E-state index contributed by atoms with van der Waals surface area (Å²) in [4.78, 5) is 24.7. The summed E-state index contributed by atoms with van der Waals surface area (Å²) in [5, 5.41) is 5.71. The van der Waals surface area contributed by atoms with E-state index in [9.17, 15) is 9.59 Å². The van der Waals surface area contributed by atoms with Gasteiger partial charge >= 0.3 is 0 Å². The minimum Gasteiger partial charge on any atom is -0.376 e. The molecule has 0 aliphatic carbocycles. The lowest BCUT2D eigenvalue weighted by atomic mass is 10.1. The summed E-state index contributed by atoms with van der Waals surface area (Å²) in [7, 11) is 0. The number of anilines is 1. The molecule has 3 atom stereocenters. The van der Waals surface area contributed by atoms with Crippen molar-refractivity contribution in [2.24, 2.45) is 0 Å². The van der Waals surface area contributed by atoms with E-state index >= 15 is 0 Å². The van der Waals surface area contributed by atoms with Crippen molar-refractivity contribution in [1.82, 2.24) is 5.32 Å². The molecule has 1 heterocycles. The van der Waals surface area contributed by atoms with Crippen LogP contribution in [-0.2, 0) is 14.3 Å². The molecule has 2 rings (SSSR count). The van der Waals surface area contributed by atoms with Crippen molar-refractivity contribution in [3.05, 3.63) is 29.8 Å². The number of para-hydroxylation sites is 1. The van der Waals surface area contributed by atoms with E-state index in [-0.39, 0.29) is 24.0 Å². The summed E-state index contributed by atoms with van der Waals surface area (Å²) < 4.78 is 11.1. The van der Waals surface area contributed by atoms with Gasteiger partial charge in [0.1, 0.15) is 6.10 Å². The number of carbonyl (C=O) groups excluding carboxylic acids is 2. The predicted molar refractivity (Wildman–Crippen MR) is 96.7 cm³/mol. The number of hydrogen-bond donors (Lipinski definition) is 2. The average molecular weight is 348 g/mol. The van der Waals surface area contributed by atoms with Gasteiger partial charge in [-0.15, -0.1) is 0 Å². The molecule has 0 radical (unpaired) electrons. The molecule has 25 heavy (non-hydrogen) atoms. The van der Waals surface area contributed by atoms with Crippen LogP contribution in [0.4, 0.5) is 5.69 Å². The van der Waals surface area contributed by atoms with E-state index in [1.165, 1.54) is 0 Å². The Morgan fingerprint density at radius 3 is 2.76 bits per heavy atom. The lowest BCUT2D eigenvalue weighted by Gasteiger charge is -2.18. The van der Waals surface area contributed by atoms with Crippen molar-refractivity contribution in [3.63, 3.8) is 0 Å². The molecule has 0 bridgehead atoms. The van der Waals surface area contributed by atoms with Crippen LogP contribution in [-0.4, -0.2) is 43.3 Å². The fraction of sp³-hybridized carbons (Fsp3) is 0.579. The number of benzene rings is 1. The van der Waals surface area contributed by atoms with E-state index < -0.39 is 6.10 Å². The van der Waals surface area contributed by atoms with Crippen LogP contribution >= 0.6 is 0 Å². The Hall–Kier alpha value is -1.92. The van der Waals surface area contributed by atoms with Gasteiger partial charge in [-0.3, -0.25) is 9.59 Å². The third-order valence-electron chi connectivity index (χ3n) is 4.34. The van der Waals surface area contributed by atoms with E-state index in [1.807, 2.05) is 13.8 Å². The van der Waals surface area contributed by atoms with Crippen LogP contribution < -0.4 is 10.6 Å². The van der Waals surface area contributed by atoms with Crippen molar-refractivity contribution < 1.29 is 19.1 Å².